The van der Waals surface area contributed by atoms with Crippen LogP contribution in [0.4, 0.5) is 5.69 Å². The summed E-state index contributed by atoms with van der Waals surface area (Å²) in [7, 11) is 0. The second-order valence-electron chi connectivity index (χ2n) is 2.64. The van der Waals surface area contributed by atoms with Crippen LogP contribution in [0.15, 0.2) is 35.4 Å². The van der Waals surface area contributed by atoms with Gasteiger partial charge in [-0.05, 0) is 24.1 Å². The summed E-state index contributed by atoms with van der Waals surface area (Å²) in [6.45, 7) is 0. The van der Waals surface area contributed by atoms with Crippen LogP contribution in [0.3, 0.4) is 0 Å². The number of fused-ring (bicyclic) bond motifs is 1. The predicted molar refractivity (Wildman–Crippen MR) is 60.0 cm³/mol. The first-order valence-electron chi connectivity index (χ1n) is 4.06. The minimum absolute atomic E-state index is 1.14. The fourth-order valence-corrected chi connectivity index (χ4v) is 1.77. The number of benzene rings is 1. The van der Waals surface area contributed by atoms with Crippen molar-refractivity contribution in [3.63, 3.8) is 0 Å². The van der Waals surface area contributed by atoms with Gasteiger partial charge in [0, 0.05) is 18.0 Å². The van der Waals surface area contributed by atoms with E-state index in [1.807, 2.05) is 28.9 Å². The number of rotatable bonds is 1. The van der Waals surface area contributed by atoms with E-state index in [2.05, 4.69) is 23.3 Å². The first kappa shape index (κ1) is 8.38. The largest absolute Gasteiger partial charge is 0.207 e. The molecule has 0 radical (unpaired) electrons. The number of hydrogen-bond donors (Lipinski definition) is 0. The second-order valence-corrected chi connectivity index (χ2v) is 3.35. The van der Waals surface area contributed by atoms with Crippen molar-refractivity contribution in [3.8, 4) is 0 Å². The molecule has 13 heavy (non-hydrogen) atoms. The molecule has 0 spiro atoms. The van der Waals surface area contributed by atoms with E-state index in [4.69, 9.17) is 0 Å². The van der Waals surface area contributed by atoms with Gasteiger partial charge in [0.2, 0.25) is 0 Å². The van der Waals surface area contributed by atoms with Crippen LogP contribution in [0.2, 0.25) is 0 Å². The van der Waals surface area contributed by atoms with Gasteiger partial charge in [0.1, 0.15) is 0 Å². The first-order chi connectivity index (χ1) is 6.42. The Morgan fingerprint density at radius 2 is 2.15 bits per heavy atom. The highest BCUT2D eigenvalue weighted by atomic mass is 32.2. The highest BCUT2D eigenvalue weighted by Crippen LogP contribution is 2.27. The Bertz CT molecular complexity index is 358. The Morgan fingerprint density at radius 3 is 3.00 bits per heavy atom. The Kier molecular flexibility index (Phi) is 2.36. The molecule has 0 bridgehead atoms. The lowest BCUT2D eigenvalue weighted by Crippen LogP contribution is -2.04. The van der Waals surface area contributed by atoms with Gasteiger partial charge in [-0.1, -0.05) is 24.3 Å². The molecule has 1 aromatic rings. The van der Waals surface area contributed by atoms with Gasteiger partial charge < -0.3 is 0 Å². The molecular formula is C10H10N2S. The molecule has 2 nitrogen and oxygen atoms in total. The molecule has 0 aromatic heterocycles. The average Bonchev–Trinajstić information content (AvgIpc) is 2.39. The van der Waals surface area contributed by atoms with Crippen molar-refractivity contribution in [2.24, 2.45) is 5.10 Å². The summed E-state index contributed by atoms with van der Waals surface area (Å²) in [5, 5.41) is 4.27. The summed E-state index contributed by atoms with van der Waals surface area (Å²) >= 11 is 1.60. The van der Waals surface area contributed by atoms with E-state index < -0.39 is 0 Å². The van der Waals surface area contributed by atoms with Gasteiger partial charge in [-0.3, -0.25) is 0 Å². The van der Waals surface area contributed by atoms with Gasteiger partial charge in [-0.2, -0.15) is 5.10 Å². The zero-order valence-corrected chi connectivity index (χ0v) is 8.16. The van der Waals surface area contributed by atoms with E-state index >= 15 is 0 Å². The van der Waals surface area contributed by atoms with Crippen LogP contribution in [0.25, 0.3) is 6.08 Å². The molecule has 0 saturated heterocycles. The maximum atomic E-state index is 4.27. The standard InChI is InChI=1S/C10H10N2S/c1-13-12-10-7-3-2-5-9(10)6-4-8-11-12/h2-8H,1H3. The summed E-state index contributed by atoms with van der Waals surface area (Å²) in [6, 6.07) is 8.21. The van der Waals surface area contributed by atoms with E-state index in [9.17, 15) is 0 Å². The van der Waals surface area contributed by atoms with Crippen molar-refractivity contribution in [2.75, 3.05) is 10.7 Å². The van der Waals surface area contributed by atoms with E-state index in [-0.39, 0.29) is 0 Å². The summed E-state index contributed by atoms with van der Waals surface area (Å²) < 4.78 is 1.91. The maximum absolute atomic E-state index is 4.27. The zero-order valence-electron chi connectivity index (χ0n) is 7.34. The van der Waals surface area contributed by atoms with Gasteiger partial charge in [-0.25, -0.2) is 4.41 Å². The molecule has 0 N–H and O–H groups in total. The molecule has 0 unspecified atom stereocenters. The van der Waals surface area contributed by atoms with Crippen LogP contribution in [0.1, 0.15) is 5.56 Å². The summed E-state index contributed by atoms with van der Waals surface area (Å²) in [5.41, 5.74) is 2.34. The quantitative estimate of drug-likeness (QED) is 0.633. The molecule has 1 aliphatic heterocycles. The topological polar surface area (TPSA) is 15.6 Å². The van der Waals surface area contributed by atoms with Crippen LogP contribution in [-0.2, 0) is 0 Å². The Balaban J connectivity index is 2.50. The number of para-hydroxylation sites is 1. The third-order valence-electron chi connectivity index (χ3n) is 1.85. The molecule has 0 aliphatic carbocycles. The number of allylic oxidation sites excluding steroid dienone is 1. The van der Waals surface area contributed by atoms with E-state index in [1.54, 1.807) is 18.2 Å². The third-order valence-corrected chi connectivity index (χ3v) is 2.49. The predicted octanol–water partition coefficient (Wildman–Crippen LogP) is 2.78. The monoisotopic (exact) mass is 190 g/mol. The molecule has 0 saturated carbocycles. The van der Waals surface area contributed by atoms with Crippen molar-refractivity contribution in [2.45, 2.75) is 0 Å². The van der Waals surface area contributed by atoms with Gasteiger partial charge in [-0.15, -0.1) is 0 Å². The van der Waals surface area contributed by atoms with Crippen molar-refractivity contribution >= 4 is 29.9 Å². The van der Waals surface area contributed by atoms with Gasteiger partial charge in [0.05, 0.1) is 5.69 Å². The van der Waals surface area contributed by atoms with E-state index in [0.717, 1.165) is 5.69 Å². The molecule has 0 fully saturated rings. The van der Waals surface area contributed by atoms with E-state index in [1.165, 1.54) is 5.56 Å². The summed E-state index contributed by atoms with van der Waals surface area (Å²) in [5.74, 6) is 0. The van der Waals surface area contributed by atoms with Crippen molar-refractivity contribution in [3.05, 3.63) is 35.9 Å². The van der Waals surface area contributed by atoms with Crippen molar-refractivity contribution < 1.29 is 0 Å². The Morgan fingerprint density at radius 1 is 1.31 bits per heavy atom. The highest BCUT2D eigenvalue weighted by Gasteiger charge is 2.07. The van der Waals surface area contributed by atoms with Crippen LogP contribution in [-0.4, -0.2) is 12.5 Å². The molecule has 1 aliphatic rings. The summed E-state index contributed by atoms with van der Waals surface area (Å²) in [4.78, 5) is 0. The normalized spacial score (nSPS) is 14.1. The van der Waals surface area contributed by atoms with E-state index in [0.29, 0.717) is 0 Å². The molecule has 0 atom stereocenters. The molecule has 1 heterocycles. The van der Waals surface area contributed by atoms with Crippen LogP contribution < -0.4 is 4.41 Å². The molecule has 0 amide bonds. The number of anilines is 1. The fraction of sp³-hybridized carbons (Fsp3) is 0.100. The van der Waals surface area contributed by atoms with Crippen molar-refractivity contribution in [1.29, 1.82) is 0 Å². The molecule has 2 rings (SSSR count). The molecular weight excluding hydrogens is 180 g/mol. The smallest absolute Gasteiger partial charge is 0.0795 e. The van der Waals surface area contributed by atoms with Crippen molar-refractivity contribution in [1.82, 2.24) is 0 Å². The third kappa shape index (κ3) is 1.60. The average molecular weight is 190 g/mol. The minimum atomic E-state index is 1.14. The maximum Gasteiger partial charge on any atom is 0.0795 e. The van der Waals surface area contributed by atoms with Gasteiger partial charge in [0.15, 0.2) is 0 Å². The fourth-order valence-electron chi connectivity index (χ4n) is 1.26. The Hall–Kier alpha value is -1.22. The van der Waals surface area contributed by atoms with Gasteiger partial charge >= 0.3 is 0 Å². The molecule has 66 valence electrons. The lowest BCUT2D eigenvalue weighted by Gasteiger charge is -2.15. The summed E-state index contributed by atoms with van der Waals surface area (Å²) in [6.07, 6.45) is 7.83. The van der Waals surface area contributed by atoms with Crippen LogP contribution in [0.5, 0.6) is 0 Å². The number of hydrogen-bond acceptors (Lipinski definition) is 3. The molecule has 3 heteroatoms. The zero-order chi connectivity index (χ0) is 9.10. The molecule has 1 aromatic carbocycles. The Labute approximate surface area is 82.1 Å². The van der Waals surface area contributed by atoms with Crippen LogP contribution >= 0.6 is 11.9 Å². The second kappa shape index (κ2) is 3.66. The van der Waals surface area contributed by atoms with Gasteiger partial charge in [0.25, 0.3) is 0 Å². The van der Waals surface area contributed by atoms with Crippen LogP contribution in [0, 0.1) is 0 Å². The lowest BCUT2D eigenvalue weighted by atomic mass is 10.2. The first-order valence-corrected chi connectivity index (χ1v) is 5.24. The SMILES string of the molecule is CSN1N=CC=Cc2ccccc21. The number of nitrogens with zero attached hydrogens (tertiary/aromatic N) is 2. The number of hydrazone groups is 1. The minimum Gasteiger partial charge on any atom is -0.207 e. The highest BCUT2D eigenvalue weighted by molar-refractivity contribution is 7.99. The lowest BCUT2D eigenvalue weighted by molar-refractivity contribution is 1.22.